The van der Waals surface area contributed by atoms with Gasteiger partial charge in [0.05, 0.1) is 0 Å². The number of rotatable bonds is 8. The molecule has 1 fully saturated rings. The van der Waals surface area contributed by atoms with Gasteiger partial charge in [0.25, 0.3) is 0 Å². The summed E-state index contributed by atoms with van der Waals surface area (Å²) in [6.45, 7) is 8.05. The van der Waals surface area contributed by atoms with Crippen molar-refractivity contribution in [1.29, 1.82) is 0 Å². The van der Waals surface area contributed by atoms with Crippen LogP contribution in [0.5, 0.6) is 0 Å². The van der Waals surface area contributed by atoms with E-state index in [1.807, 2.05) is 0 Å². The third-order valence-electron chi connectivity index (χ3n) is 4.08. The third-order valence-corrected chi connectivity index (χ3v) is 5.48. The van der Waals surface area contributed by atoms with Gasteiger partial charge in [-0.05, 0) is 37.0 Å². The van der Waals surface area contributed by atoms with Gasteiger partial charge in [-0.25, -0.2) is 0 Å². The molecule has 1 aliphatic carbocycles. The highest BCUT2D eigenvalue weighted by Crippen LogP contribution is 2.28. The third kappa shape index (κ3) is 6.15. The number of hydrogen-bond donors (Lipinski definition) is 1. The zero-order chi connectivity index (χ0) is 12.5. The van der Waals surface area contributed by atoms with Gasteiger partial charge in [0, 0.05) is 11.8 Å². The molecule has 2 unspecified atom stereocenters. The monoisotopic (exact) mass is 257 g/mol. The van der Waals surface area contributed by atoms with Crippen LogP contribution in [0.4, 0.5) is 0 Å². The van der Waals surface area contributed by atoms with Crippen molar-refractivity contribution in [1.82, 2.24) is 5.32 Å². The molecule has 0 spiro atoms. The lowest BCUT2D eigenvalue weighted by atomic mass is 9.84. The Balaban J connectivity index is 2.26. The van der Waals surface area contributed by atoms with Crippen LogP contribution in [0.25, 0.3) is 0 Å². The Kier molecular flexibility index (Phi) is 8.38. The average Bonchev–Trinajstić information content (AvgIpc) is 2.38. The molecule has 1 saturated carbocycles. The average molecular weight is 257 g/mol. The second-order valence-electron chi connectivity index (χ2n) is 5.61. The molecule has 0 aromatic carbocycles. The summed E-state index contributed by atoms with van der Waals surface area (Å²) in [5.74, 6) is 4.50. The van der Waals surface area contributed by atoms with Gasteiger partial charge in [0.2, 0.25) is 0 Å². The number of nitrogens with one attached hydrogen (secondary N) is 1. The van der Waals surface area contributed by atoms with Crippen molar-refractivity contribution in [3.63, 3.8) is 0 Å². The molecule has 0 radical (unpaired) electrons. The largest absolute Gasteiger partial charge is 0.313 e. The molecular formula is C15H31NS. The highest BCUT2D eigenvalue weighted by Gasteiger charge is 2.22. The van der Waals surface area contributed by atoms with Crippen LogP contribution in [0.1, 0.15) is 59.3 Å². The van der Waals surface area contributed by atoms with E-state index in [0.717, 1.165) is 24.4 Å². The standard InChI is InChI=1S/C15H31NS/c1-4-13(3)11-17-12-15(16-5-2)14-9-7-6-8-10-14/h13-16H,4-12H2,1-3H3. The van der Waals surface area contributed by atoms with E-state index in [1.54, 1.807) is 0 Å². The van der Waals surface area contributed by atoms with Crippen molar-refractivity contribution in [3.05, 3.63) is 0 Å². The zero-order valence-electron chi connectivity index (χ0n) is 12.0. The summed E-state index contributed by atoms with van der Waals surface area (Å²) in [5, 5.41) is 3.72. The maximum Gasteiger partial charge on any atom is 0.0186 e. The van der Waals surface area contributed by atoms with Crippen LogP contribution in [-0.4, -0.2) is 24.1 Å². The SMILES string of the molecule is CCNC(CSCC(C)CC)C1CCCCC1. The Hall–Kier alpha value is 0.310. The first kappa shape index (κ1) is 15.4. The van der Waals surface area contributed by atoms with E-state index in [2.05, 4.69) is 37.8 Å². The maximum absolute atomic E-state index is 3.72. The highest BCUT2D eigenvalue weighted by molar-refractivity contribution is 7.99. The van der Waals surface area contributed by atoms with Crippen LogP contribution in [-0.2, 0) is 0 Å². The summed E-state index contributed by atoms with van der Waals surface area (Å²) >= 11 is 2.17. The molecule has 1 rings (SSSR count). The smallest absolute Gasteiger partial charge is 0.0186 e. The van der Waals surface area contributed by atoms with Crippen molar-refractivity contribution < 1.29 is 0 Å². The van der Waals surface area contributed by atoms with Crippen LogP contribution in [0.2, 0.25) is 0 Å². The van der Waals surface area contributed by atoms with Gasteiger partial charge in [0.15, 0.2) is 0 Å². The van der Waals surface area contributed by atoms with E-state index < -0.39 is 0 Å². The van der Waals surface area contributed by atoms with Crippen LogP contribution in [0, 0.1) is 11.8 Å². The van der Waals surface area contributed by atoms with E-state index in [1.165, 1.54) is 50.0 Å². The molecule has 0 aromatic heterocycles. The summed E-state index contributed by atoms with van der Waals surface area (Å²) in [5.41, 5.74) is 0. The molecule has 0 amide bonds. The fourth-order valence-electron chi connectivity index (χ4n) is 2.67. The minimum Gasteiger partial charge on any atom is -0.313 e. The van der Waals surface area contributed by atoms with Crippen molar-refractivity contribution in [2.24, 2.45) is 11.8 Å². The van der Waals surface area contributed by atoms with Crippen molar-refractivity contribution in [2.45, 2.75) is 65.3 Å². The Bertz CT molecular complexity index is 178. The van der Waals surface area contributed by atoms with Gasteiger partial charge < -0.3 is 5.32 Å². The maximum atomic E-state index is 3.72. The molecule has 1 N–H and O–H groups in total. The molecular weight excluding hydrogens is 226 g/mol. The topological polar surface area (TPSA) is 12.0 Å². The van der Waals surface area contributed by atoms with Crippen LogP contribution >= 0.6 is 11.8 Å². The van der Waals surface area contributed by atoms with E-state index >= 15 is 0 Å². The predicted octanol–water partition coefficient (Wildman–Crippen LogP) is 4.32. The first-order valence-electron chi connectivity index (χ1n) is 7.59. The molecule has 0 aromatic rings. The van der Waals surface area contributed by atoms with E-state index in [-0.39, 0.29) is 0 Å². The van der Waals surface area contributed by atoms with Crippen LogP contribution < -0.4 is 5.32 Å². The van der Waals surface area contributed by atoms with Gasteiger partial charge in [-0.1, -0.05) is 46.5 Å². The Morgan fingerprint density at radius 2 is 1.82 bits per heavy atom. The van der Waals surface area contributed by atoms with Gasteiger partial charge in [-0.3, -0.25) is 0 Å². The van der Waals surface area contributed by atoms with E-state index in [0.29, 0.717) is 0 Å². The van der Waals surface area contributed by atoms with Crippen molar-refractivity contribution in [3.8, 4) is 0 Å². The molecule has 2 heteroatoms. The van der Waals surface area contributed by atoms with E-state index in [4.69, 9.17) is 0 Å². The lowest BCUT2D eigenvalue weighted by Gasteiger charge is -2.31. The predicted molar refractivity (Wildman–Crippen MR) is 80.8 cm³/mol. The summed E-state index contributed by atoms with van der Waals surface area (Å²) in [6, 6.07) is 0.773. The van der Waals surface area contributed by atoms with Gasteiger partial charge in [-0.15, -0.1) is 0 Å². The molecule has 0 aliphatic heterocycles. The van der Waals surface area contributed by atoms with Crippen LogP contribution in [0.3, 0.4) is 0 Å². The van der Waals surface area contributed by atoms with E-state index in [9.17, 15) is 0 Å². The Labute approximate surface area is 113 Å². The quantitative estimate of drug-likeness (QED) is 0.695. The molecule has 17 heavy (non-hydrogen) atoms. The lowest BCUT2D eigenvalue weighted by Crippen LogP contribution is -2.39. The van der Waals surface area contributed by atoms with Gasteiger partial charge in [-0.2, -0.15) is 11.8 Å². The van der Waals surface area contributed by atoms with Crippen molar-refractivity contribution in [2.75, 3.05) is 18.1 Å². The first-order chi connectivity index (χ1) is 8.27. The number of hydrogen-bond acceptors (Lipinski definition) is 2. The van der Waals surface area contributed by atoms with Gasteiger partial charge in [0.1, 0.15) is 0 Å². The minimum atomic E-state index is 0.773. The molecule has 0 saturated heterocycles. The van der Waals surface area contributed by atoms with Crippen LogP contribution in [0.15, 0.2) is 0 Å². The molecule has 2 atom stereocenters. The molecule has 1 aliphatic rings. The highest BCUT2D eigenvalue weighted by atomic mass is 32.2. The lowest BCUT2D eigenvalue weighted by molar-refractivity contribution is 0.288. The summed E-state index contributed by atoms with van der Waals surface area (Å²) < 4.78 is 0. The Morgan fingerprint density at radius 3 is 2.41 bits per heavy atom. The summed E-state index contributed by atoms with van der Waals surface area (Å²) in [6.07, 6.45) is 8.63. The molecule has 102 valence electrons. The normalized spacial score (nSPS) is 21.4. The molecule has 1 nitrogen and oxygen atoms in total. The van der Waals surface area contributed by atoms with Gasteiger partial charge >= 0.3 is 0 Å². The van der Waals surface area contributed by atoms with Crippen molar-refractivity contribution >= 4 is 11.8 Å². The summed E-state index contributed by atoms with van der Waals surface area (Å²) in [4.78, 5) is 0. The second kappa shape index (κ2) is 9.27. The zero-order valence-corrected chi connectivity index (χ0v) is 12.8. The molecule has 0 heterocycles. The molecule has 0 bridgehead atoms. The minimum absolute atomic E-state index is 0.773. The summed E-state index contributed by atoms with van der Waals surface area (Å²) in [7, 11) is 0. The number of thioether (sulfide) groups is 1. The Morgan fingerprint density at radius 1 is 1.12 bits per heavy atom. The first-order valence-corrected chi connectivity index (χ1v) is 8.74. The fourth-order valence-corrected chi connectivity index (χ4v) is 4.09. The fraction of sp³-hybridized carbons (Fsp3) is 1.00. The second-order valence-corrected chi connectivity index (χ2v) is 6.69.